The van der Waals surface area contributed by atoms with E-state index < -0.39 is 0 Å². The van der Waals surface area contributed by atoms with E-state index in [0.29, 0.717) is 0 Å². The Labute approximate surface area is 95.3 Å². The van der Waals surface area contributed by atoms with Gasteiger partial charge >= 0.3 is 0 Å². The van der Waals surface area contributed by atoms with Gasteiger partial charge in [-0.15, -0.1) is 0 Å². The van der Waals surface area contributed by atoms with Crippen molar-refractivity contribution in [2.75, 3.05) is 26.2 Å². The first-order chi connectivity index (χ1) is 7.75. The predicted molar refractivity (Wildman–Crippen MR) is 61.7 cm³/mol. The molecule has 2 atom stereocenters. The van der Waals surface area contributed by atoms with Gasteiger partial charge in [-0.05, 0) is 18.8 Å². The summed E-state index contributed by atoms with van der Waals surface area (Å²) in [5.41, 5.74) is 3.04. The third-order valence-corrected chi connectivity index (χ3v) is 3.83. The number of aryl methyl sites for hydroxylation is 1. The summed E-state index contributed by atoms with van der Waals surface area (Å²) >= 11 is 0. The molecule has 3 rings (SSSR count). The molecule has 0 radical (unpaired) electrons. The van der Waals surface area contributed by atoms with Crippen LogP contribution in [0.15, 0.2) is 17.4 Å². The van der Waals surface area contributed by atoms with E-state index in [-0.39, 0.29) is 0 Å². The van der Waals surface area contributed by atoms with Crippen LogP contribution in [-0.4, -0.2) is 36.2 Å². The van der Waals surface area contributed by atoms with E-state index in [1.807, 2.05) is 6.92 Å². The van der Waals surface area contributed by atoms with E-state index >= 15 is 0 Å². The molecule has 2 unspecified atom stereocenters. The van der Waals surface area contributed by atoms with Crippen molar-refractivity contribution in [3.63, 3.8) is 0 Å². The smallest absolute Gasteiger partial charge is 0.133 e. The maximum Gasteiger partial charge on any atom is 0.133 e. The van der Waals surface area contributed by atoms with Crippen LogP contribution in [0.1, 0.15) is 11.3 Å². The zero-order chi connectivity index (χ0) is 11.1. The van der Waals surface area contributed by atoms with Crippen molar-refractivity contribution >= 4 is 5.70 Å². The summed E-state index contributed by atoms with van der Waals surface area (Å²) in [6.45, 7) is 10.7. The van der Waals surface area contributed by atoms with Crippen molar-refractivity contribution in [2.24, 2.45) is 11.8 Å². The number of nitrogens with one attached hydrogen (secondary N) is 1. The molecule has 2 fully saturated rings. The van der Waals surface area contributed by atoms with E-state index in [1.165, 1.54) is 0 Å². The Balaban J connectivity index is 1.75. The summed E-state index contributed by atoms with van der Waals surface area (Å²) < 4.78 is 4.97. The molecular formula is C12H17N3O. The van der Waals surface area contributed by atoms with Crippen LogP contribution in [0.4, 0.5) is 0 Å². The van der Waals surface area contributed by atoms with Gasteiger partial charge in [0.1, 0.15) is 6.26 Å². The van der Waals surface area contributed by atoms with Crippen LogP contribution >= 0.6 is 0 Å². The van der Waals surface area contributed by atoms with Crippen LogP contribution in [0.25, 0.3) is 5.70 Å². The molecule has 4 heteroatoms. The van der Waals surface area contributed by atoms with Gasteiger partial charge in [0.05, 0.1) is 11.3 Å². The molecule has 0 bridgehead atoms. The highest BCUT2D eigenvalue weighted by atomic mass is 16.5. The summed E-state index contributed by atoms with van der Waals surface area (Å²) in [6, 6.07) is 0. The van der Waals surface area contributed by atoms with E-state index in [9.17, 15) is 0 Å². The normalized spacial score (nSPS) is 28.4. The second-order valence-electron chi connectivity index (χ2n) is 4.84. The molecule has 1 N–H and O–H groups in total. The van der Waals surface area contributed by atoms with Crippen molar-refractivity contribution in [1.82, 2.24) is 15.4 Å². The van der Waals surface area contributed by atoms with E-state index in [4.69, 9.17) is 4.52 Å². The molecule has 2 aliphatic rings. The van der Waals surface area contributed by atoms with Crippen molar-refractivity contribution in [2.45, 2.75) is 6.92 Å². The Morgan fingerprint density at radius 2 is 2.19 bits per heavy atom. The molecule has 0 amide bonds. The molecule has 86 valence electrons. The first-order valence-corrected chi connectivity index (χ1v) is 5.81. The molecular weight excluding hydrogens is 202 g/mol. The van der Waals surface area contributed by atoms with Gasteiger partial charge in [0.25, 0.3) is 0 Å². The highest BCUT2D eigenvalue weighted by Gasteiger charge is 2.36. The van der Waals surface area contributed by atoms with Gasteiger partial charge in [-0.1, -0.05) is 11.7 Å². The molecule has 0 aromatic carbocycles. The Hall–Kier alpha value is -1.29. The van der Waals surface area contributed by atoms with Crippen molar-refractivity contribution in [3.05, 3.63) is 24.1 Å². The second kappa shape index (κ2) is 3.63. The largest absolute Gasteiger partial charge is 0.371 e. The van der Waals surface area contributed by atoms with Crippen LogP contribution < -0.4 is 5.32 Å². The van der Waals surface area contributed by atoms with Gasteiger partial charge in [0.2, 0.25) is 0 Å². The quantitative estimate of drug-likeness (QED) is 0.809. The van der Waals surface area contributed by atoms with Crippen molar-refractivity contribution in [3.8, 4) is 0 Å². The Morgan fingerprint density at radius 1 is 1.50 bits per heavy atom. The molecule has 2 aliphatic heterocycles. The zero-order valence-electron chi connectivity index (χ0n) is 9.57. The van der Waals surface area contributed by atoms with Crippen LogP contribution in [-0.2, 0) is 0 Å². The molecule has 0 spiro atoms. The first-order valence-electron chi connectivity index (χ1n) is 5.81. The summed E-state index contributed by atoms with van der Waals surface area (Å²) in [4.78, 5) is 2.37. The molecule has 1 aromatic heterocycles. The number of likely N-dealkylation sites (tertiary alicyclic amines) is 1. The SMILES string of the molecule is C=C(c1conc1C)N1CC2CNCC2C1. The molecule has 1 aromatic rings. The van der Waals surface area contributed by atoms with Crippen LogP contribution in [0.5, 0.6) is 0 Å². The van der Waals surface area contributed by atoms with Crippen LogP contribution in [0.2, 0.25) is 0 Å². The second-order valence-corrected chi connectivity index (χ2v) is 4.84. The Morgan fingerprint density at radius 3 is 2.75 bits per heavy atom. The first kappa shape index (κ1) is 9.90. The minimum Gasteiger partial charge on any atom is -0.371 e. The summed E-state index contributed by atoms with van der Waals surface area (Å²) in [5, 5.41) is 7.35. The number of hydrogen-bond acceptors (Lipinski definition) is 4. The lowest BCUT2D eigenvalue weighted by Gasteiger charge is -2.21. The highest BCUT2D eigenvalue weighted by Crippen LogP contribution is 2.32. The zero-order valence-corrected chi connectivity index (χ0v) is 9.57. The van der Waals surface area contributed by atoms with Gasteiger partial charge in [-0.3, -0.25) is 0 Å². The molecule has 3 heterocycles. The maximum atomic E-state index is 4.97. The average Bonchev–Trinajstić information content (AvgIpc) is 2.89. The third kappa shape index (κ3) is 1.45. The van der Waals surface area contributed by atoms with Gasteiger partial charge in [-0.25, -0.2) is 0 Å². The van der Waals surface area contributed by atoms with Crippen LogP contribution in [0, 0.1) is 18.8 Å². The average molecular weight is 219 g/mol. The molecule has 0 aliphatic carbocycles. The fraction of sp³-hybridized carbons (Fsp3) is 0.583. The van der Waals surface area contributed by atoms with Crippen LogP contribution in [0.3, 0.4) is 0 Å². The Kier molecular flexibility index (Phi) is 2.24. The lowest BCUT2D eigenvalue weighted by atomic mass is 10.0. The fourth-order valence-electron chi connectivity index (χ4n) is 2.82. The highest BCUT2D eigenvalue weighted by molar-refractivity contribution is 5.62. The lowest BCUT2D eigenvalue weighted by molar-refractivity contribution is 0.413. The van der Waals surface area contributed by atoms with Gasteiger partial charge in [0, 0.05) is 31.9 Å². The molecule has 2 saturated heterocycles. The summed E-state index contributed by atoms with van der Waals surface area (Å²) in [7, 11) is 0. The number of fused-ring (bicyclic) bond motifs is 1. The monoisotopic (exact) mass is 219 g/mol. The lowest BCUT2D eigenvalue weighted by Crippen LogP contribution is -2.24. The van der Waals surface area contributed by atoms with Gasteiger partial charge in [0.15, 0.2) is 0 Å². The van der Waals surface area contributed by atoms with Gasteiger partial charge in [-0.2, -0.15) is 0 Å². The summed E-state index contributed by atoms with van der Waals surface area (Å²) in [5.74, 6) is 1.58. The van der Waals surface area contributed by atoms with E-state index in [1.54, 1.807) is 6.26 Å². The predicted octanol–water partition coefficient (Wildman–Crippen LogP) is 1.10. The maximum absolute atomic E-state index is 4.97. The minimum atomic E-state index is 0.789. The van der Waals surface area contributed by atoms with Crippen molar-refractivity contribution < 1.29 is 4.52 Å². The summed E-state index contributed by atoms with van der Waals surface area (Å²) in [6.07, 6.45) is 1.70. The topological polar surface area (TPSA) is 41.3 Å². The standard InChI is InChI=1S/C12H17N3O/c1-8-12(7-16-14-8)9(2)15-5-10-3-13-4-11(10)6-15/h7,10-11,13H,2-6H2,1H3. The number of aromatic nitrogens is 1. The molecule has 0 saturated carbocycles. The van der Waals surface area contributed by atoms with Crippen molar-refractivity contribution in [1.29, 1.82) is 0 Å². The molecule has 16 heavy (non-hydrogen) atoms. The van der Waals surface area contributed by atoms with E-state index in [2.05, 4.69) is 22.0 Å². The molecule has 4 nitrogen and oxygen atoms in total. The minimum absolute atomic E-state index is 0.789. The third-order valence-electron chi connectivity index (χ3n) is 3.83. The Bertz CT molecular complexity index is 400. The number of hydrogen-bond donors (Lipinski definition) is 1. The number of rotatable bonds is 2. The fourth-order valence-corrected chi connectivity index (χ4v) is 2.82. The number of nitrogens with zero attached hydrogens (tertiary/aromatic N) is 2. The van der Waals surface area contributed by atoms with E-state index in [0.717, 1.165) is 55.0 Å². The van der Waals surface area contributed by atoms with Gasteiger partial charge < -0.3 is 14.7 Å².